The zero-order valence-electron chi connectivity index (χ0n) is 14.9. The second-order valence-corrected chi connectivity index (χ2v) is 8.12. The fourth-order valence-corrected chi connectivity index (χ4v) is 5.05. The molecular weight excluding hydrogens is 344 g/mol. The van der Waals surface area contributed by atoms with Gasteiger partial charge in [-0.15, -0.1) is 0 Å². The van der Waals surface area contributed by atoms with Crippen LogP contribution in [0.4, 0.5) is 0 Å². The van der Waals surface area contributed by atoms with Gasteiger partial charge in [0.1, 0.15) is 10.6 Å². The Kier molecular flexibility index (Phi) is 6.08. The predicted molar refractivity (Wildman–Crippen MR) is 94.1 cm³/mol. The van der Waals surface area contributed by atoms with E-state index in [9.17, 15) is 13.2 Å². The van der Waals surface area contributed by atoms with Crippen LogP contribution < -0.4 is 15.2 Å². The molecule has 0 aromatic heterocycles. The molecule has 1 aromatic carbocycles. The van der Waals surface area contributed by atoms with Gasteiger partial charge in [0.25, 0.3) is 0 Å². The second kappa shape index (κ2) is 7.72. The zero-order chi connectivity index (χ0) is 18.7. The van der Waals surface area contributed by atoms with Crippen molar-refractivity contribution in [2.45, 2.75) is 43.0 Å². The van der Waals surface area contributed by atoms with Crippen LogP contribution >= 0.6 is 0 Å². The van der Waals surface area contributed by atoms with Crippen molar-refractivity contribution in [1.82, 2.24) is 4.72 Å². The first-order chi connectivity index (χ1) is 11.8. The first kappa shape index (κ1) is 19.7. The quantitative estimate of drug-likeness (QED) is 0.738. The highest BCUT2D eigenvalue weighted by Crippen LogP contribution is 2.35. The van der Waals surface area contributed by atoms with Crippen LogP contribution in [-0.4, -0.2) is 40.7 Å². The summed E-state index contributed by atoms with van der Waals surface area (Å²) in [5, 5.41) is 0. The molecular formula is C17H26N2O5S. The molecule has 1 aromatic rings. The molecule has 1 fully saturated rings. The van der Waals surface area contributed by atoms with Crippen molar-refractivity contribution in [3.05, 3.63) is 23.8 Å². The SMILES string of the molecule is COC(=O)c1ccc(S(=O)(=O)NC2(CN)CCCCC2C)c(OC)c1. The summed E-state index contributed by atoms with van der Waals surface area (Å²) in [6.07, 6.45) is 3.63. The van der Waals surface area contributed by atoms with Crippen LogP contribution in [0.15, 0.2) is 23.1 Å². The van der Waals surface area contributed by atoms with E-state index in [0.29, 0.717) is 6.42 Å². The van der Waals surface area contributed by atoms with E-state index in [1.807, 2.05) is 6.92 Å². The summed E-state index contributed by atoms with van der Waals surface area (Å²) in [6.45, 7) is 2.25. The van der Waals surface area contributed by atoms with Crippen LogP contribution in [0.1, 0.15) is 43.0 Å². The summed E-state index contributed by atoms with van der Waals surface area (Å²) in [5.41, 5.74) is 5.50. The molecule has 0 bridgehead atoms. The number of methoxy groups -OCH3 is 2. The van der Waals surface area contributed by atoms with Crippen LogP contribution in [0, 0.1) is 5.92 Å². The maximum absolute atomic E-state index is 13.0. The minimum absolute atomic E-state index is 0.0201. The number of esters is 1. The van der Waals surface area contributed by atoms with Gasteiger partial charge in [-0.25, -0.2) is 17.9 Å². The molecule has 0 radical (unpaired) electrons. The van der Waals surface area contributed by atoms with Gasteiger partial charge in [-0.2, -0.15) is 0 Å². The van der Waals surface area contributed by atoms with Crippen molar-refractivity contribution >= 4 is 16.0 Å². The van der Waals surface area contributed by atoms with Gasteiger partial charge in [-0.1, -0.05) is 19.8 Å². The normalized spacial score (nSPS) is 23.9. The number of ether oxygens (including phenoxy) is 2. The molecule has 25 heavy (non-hydrogen) atoms. The maximum Gasteiger partial charge on any atom is 0.337 e. The Morgan fingerprint density at radius 1 is 1.36 bits per heavy atom. The highest BCUT2D eigenvalue weighted by atomic mass is 32.2. The van der Waals surface area contributed by atoms with Crippen LogP contribution in [-0.2, 0) is 14.8 Å². The Hall–Kier alpha value is -1.64. The molecule has 2 rings (SSSR count). The van der Waals surface area contributed by atoms with Gasteiger partial charge in [0, 0.05) is 12.1 Å². The number of carbonyl (C=O) groups excluding carboxylic acids is 1. The van der Waals surface area contributed by atoms with Crippen molar-refractivity contribution in [2.24, 2.45) is 11.7 Å². The lowest BCUT2D eigenvalue weighted by molar-refractivity contribution is 0.0600. The number of nitrogens with one attached hydrogen (secondary N) is 1. The summed E-state index contributed by atoms with van der Waals surface area (Å²) < 4.78 is 38.6. The van der Waals surface area contributed by atoms with Gasteiger partial charge < -0.3 is 15.2 Å². The first-order valence-corrected chi connectivity index (χ1v) is 9.78. The fourth-order valence-electron chi connectivity index (χ4n) is 3.37. The molecule has 0 heterocycles. The molecule has 2 unspecified atom stereocenters. The van der Waals surface area contributed by atoms with Crippen LogP contribution in [0.3, 0.4) is 0 Å². The Labute approximate surface area is 148 Å². The third-order valence-corrected chi connectivity index (χ3v) is 6.62. The smallest absolute Gasteiger partial charge is 0.337 e. The molecule has 0 saturated heterocycles. The number of benzene rings is 1. The average Bonchev–Trinajstić information content (AvgIpc) is 2.62. The molecule has 0 aliphatic heterocycles. The molecule has 0 spiro atoms. The summed E-state index contributed by atoms with van der Waals surface area (Å²) in [7, 11) is -1.24. The zero-order valence-corrected chi connectivity index (χ0v) is 15.7. The van der Waals surface area contributed by atoms with Crippen molar-refractivity contribution < 1.29 is 22.7 Å². The number of sulfonamides is 1. The Balaban J connectivity index is 2.40. The summed E-state index contributed by atoms with van der Waals surface area (Å²) in [6, 6.07) is 4.12. The Morgan fingerprint density at radius 3 is 2.64 bits per heavy atom. The minimum Gasteiger partial charge on any atom is -0.495 e. The van der Waals surface area contributed by atoms with Gasteiger partial charge in [0.05, 0.1) is 19.8 Å². The topological polar surface area (TPSA) is 108 Å². The van der Waals surface area contributed by atoms with Crippen molar-refractivity contribution in [3.8, 4) is 5.75 Å². The minimum atomic E-state index is -3.86. The highest BCUT2D eigenvalue weighted by molar-refractivity contribution is 7.89. The standard InChI is InChI=1S/C17H26N2O5S/c1-12-6-4-5-9-17(12,11-18)19-25(21,22)15-8-7-13(16(20)24-3)10-14(15)23-2/h7-8,10,12,19H,4-6,9,11,18H2,1-3H3. The highest BCUT2D eigenvalue weighted by Gasteiger charge is 2.41. The molecule has 1 aliphatic carbocycles. The Morgan fingerprint density at radius 2 is 2.08 bits per heavy atom. The number of hydrogen-bond donors (Lipinski definition) is 2. The lowest BCUT2D eigenvalue weighted by Gasteiger charge is -2.42. The van der Waals surface area contributed by atoms with Gasteiger partial charge in [0.2, 0.25) is 10.0 Å². The summed E-state index contributed by atoms with van der Waals surface area (Å²) in [5.74, 6) is -0.332. The fraction of sp³-hybridized carbons (Fsp3) is 0.588. The van der Waals surface area contributed by atoms with Crippen molar-refractivity contribution in [1.29, 1.82) is 0 Å². The third kappa shape index (κ3) is 3.96. The van der Waals surface area contributed by atoms with E-state index in [1.54, 1.807) is 0 Å². The van der Waals surface area contributed by atoms with E-state index in [-0.39, 0.29) is 28.7 Å². The second-order valence-electron chi connectivity index (χ2n) is 6.47. The average molecular weight is 370 g/mol. The van der Waals surface area contributed by atoms with Gasteiger partial charge in [0.15, 0.2) is 0 Å². The van der Waals surface area contributed by atoms with Crippen LogP contribution in [0.2, 0.25) is 0 Å². The lowest BCUT2D eigenvalue weighted by Crippen LogP contribution is -2.58. The van der Waals surface area contributed by atoms with Gasteiger partial charge >= 0.3 is 5.97 Å². The molecule has 1 aliphatic rings. The molecule has 8 heteroatoms. The third-order valence-electron chi connectivity index (χ3n) is 5.03. The monoisotopic (exact) mass is 370 g/mol. The number of carbonyl (C=O) groups is 1. The lowest BCUT2D eigenvalue weighted by atomic mass is 9.74. The van der Waals surface area contributed by atoms with Gasteiger partial charge in [-0.05, 0) is 37.0 Å². The van der Waals surface area contributed by atoms with Crippen LogP contribution in [0.5, 0.6) is 5.75 Å². The van der Waals surface area contributed by atoms with E-state index in [1.165, 1.54) is 32.4 Å². The van der Waals surface area contributed by atoms with E-state index in [0.717, 1.165) is 19.3 Å². The molecule has 2 atom stereocenters. The van der Waals surface area contributed by atoms with E-state index >= 15 is 0 Å². The van der Waals surface area contributed by atoms with Gasteiger partial charge in [-0.3, -0.25) is 0 Å². The van der Waals surface area contributed by atoms with Crippen LogP contribution in [0.25, 0.3) is 0 Å². The molecule has 140 valence electrons. The summed E-state index contributed by atoms with van der Waals surface area (Å²) in [4.78, 5) is 11.6. The predicted octanol–water partition coefficient (Wildman–Crippen LogP) is 1.67. The summed E-state index contributed by atoms with van der Waals surface area (Å²) >= 11 is 0. The van der Waals surface area contributed by atoms with E-state index in [4.69, 9.17) is 10.5 Å². The van der Waals surface area contributed by atoms with E-state index in [2.05, 4.69) is 9.46 Å². The Bertz CT molecular complexity index is 735. The molecule has 7 nitrogen and oxygen atoms in total. The van der Waals surface area contributed by atoms with Crippen molar-refractivity contribution in [3.63, 3.8) is 0 Å². The molecule has 0 amide bonds. The molecule has 3 N–H and O–H groups in total. The van der Waals surface area contributed by atoms with Crippen molar-refractivity contribution in [2.75, 3.05) is 20.8 Å². The maximum atomic E-state index is 13.0. The number of hydrogen-bond acceptors (Lipinski definition) is 6. The number of nitrogens with two attached hydrogens (primary N) is 1. The first-order valence-electron chi connectivity index (χ1n) is 8.30. The number of rotatable bonds is 6. The molecule has 1 saturated carbocycles. The van der Waals surface area contributed by atoms with E-state index < -0.39 is 21.5 Å². The largest absolute Gasteiger partial charge is 0.495 e.